The van der Waals surface area contributed by atoms with Gasteiger partial charge in [0.1, 0.15) is 11.6 Å². The number of nitrogens with one attached hydrogen (secondary N) is 1. The molecule has 0 aliphatic carbocycles. The van der Waals surface area contributed by atoms with Crippen molar-refractivity contribution in [3.05, 3.63) is 77.3 Å². The standard InChI is InChI=1S/C24H24F2N4O2S/c1-17(31)30(22-11-6-4-9-20(22)26)24-28-18(16-33-24)12-13-23(32)27-14-7-15-29(2)21-10-5-3-8-19(21)25/h3-6,8-13,16H,7,14-15H2,1-2H3,(H,27,32)/b13-12+. The molecule has 1 heterocycles. The summed E-state index contributed by atoms with van der Waals surface area (Å²) < 4.78 is 27.9. The third-order valence-corrected chi connectivity index (χ3v) is 5.59. The minimum Gasteiger partial charge on any atom is -0.372 e. The number of anilines is 3. The third kappa shape index (κ3) is 6.45. The van der Waals surface area contributed by atoms with Crippen molar-refractivity contribution in [2.75, 3.05) is 29.9 Å². The smallest absolute Gasteiger partial charge is 0.244 e. The van der Waals surface area contributed by atoms with Crippen molar-refractivity contribution in [2.24, 2.45) is 0 Å². The maximum absolute atomic E-state index is 14.2. The Hall–Kier alpha value is -3.59. The van der Waals surface area contributed by atoms with Crippen molar-refractivity contribution < 1.29 is 18.4 Å². The zero-order valence-corrected chi connectivity index (χ0v) is 19.1. The third-order valence-electron chi connectivity index (χ3n) is 4.75. The monoisotopic (exact) mass is 470 g/mol. The number of hydrogen-bond donors (Lipinski definition) is 1. The Morgan fingerprint density at radius 2 is 1.70 bits per heavy atom. The molecular formula is C24H24F2N4O2S. The average Bonchev–Trinajstić information content (AvgIpc) is 3.25. The molecule has 0 spiro atoms. The van der Waals surface area contributed by atoms with Crippen LogP contribution < -0.4 is 15.1 Å². The van der Waals surface area contributed by atoms with Gasteiger partial charge >= 0.3 is 0 Å². The van der Waals surface area contributed by atoms with Crippen molar-refractivity contribution >= 4 is 45.7 Å². The molecule has 2 amide bonds. The summed E-state index contributed by atoms with van der Waals surface area (Å²) in [6, 6.07) is 12.5. The first-order valence-corrected chi connectivity index (χ1v) is 11.2. The zero-order valence-electron chi connectivity index (χ0n) is 18.3. The highest BCUT2D eigenvalue weighted by molar-refractivity contribution is 7.14. The first kappa shape index (κ1) is 24.1. The number of para-hydroxylation sites is 2. The number of thiazole rings is 1. The summed E-state index contributed by atoms with van der Waals surface area (Å²) in [5.41, 5.74) is 1.11. The van der Waals surface area contributed by atoms with Crippen LogP contribution in [0.2, 0.25) is 0 Å². The Morgan fingerprint density at radius 1 is 1.06 bits per heavy atom. The number of benzene rings is 2. The van der Waals surface area contributed by atoms with Gasteiger partial charge in [-0.25, -0.2) is 13.8 Å². The second kappa shape index (κ2) is 11.3. The zero-order chi connectivity index (χ0) is 23.8. The van der Waals surface area contributed by atoms with Crippen LogP contribution in [0.4, 0.5) is 25.3 Å². The topological polar surface area (TPSA) is 65.5 Å². The Morgan fingerprint density at radius 3 is 2.33 bits per heavy atom. The van der Waals surface area contributed by atoms with Gasteiger partial charge in [0, 0.05) is 38.5 Å². The second-order valence-corrected chi connectivity index (χ2v) is 8.05. The van der Waals surface area contributed by atoms with E-state index < -0.39 is 5.82 Å². The molecule has 0 unspecified atom stereocenters. The molecule has 0 aliphatic rings. The molecule has 3 aromatic rings. The summed E-state index contributed by atoms with van der Waals surface area (Å²) in [6.07, 6.45) is 3.52. The van der Waals surface area contributed by atoms with Gasteiger partial charge in [-0.05, 0) is 36.8 Å². The lowest BCUT2D eigenvalue weighted by atomic mass is 10.2. The minimum absolute atomic E-state index is 0.118. The molecule has 1 N–H and O–H groups in total. The first-order chi connectivity index (χ1) is 15.9. The van der Waals surface area contributed by atoms with Gasteiger partial charge in [-0.2, -0.15) is 0 Å². The van der Waals surface area contributed by atoms with Crippen LogP contribution >= 0.6 is 11.3 Å². The predicted octanol–water partition coefficient (Wildman–Crippen LogP) is 4.76. The van der Waals surface area contributed by atoms with Crippen LogP contribution in [0.3, 0.4) is 0 Å². The first-order valence-electron chi connectivity index (χ1n) is 10.3. The normalized spacial score (nSPS) is 10.9. The van der Waals surface area contributed by atoms with E-state index in [1.807, 2.05) is 0 Å². The SMILES string of the molecule is CC(=O)N(c1nc(/C=C/C(=O)NCCCN(C)c2ccccc2F)cs1)c1ccccc1F. The van der Waals surface area contributed by atoms with E-state index in [1.54, 1.807) is 47.7 Å². The predicted molar refractivity (Wildman–Crippen MR) is 128 cm³/mol. The highest BCUT2D eigenvalue weighted by Gasteiger charge is 2.20. The minimum atomic E-state index is -0.528. The van der Waals surface area contributed by atoms with Gasteiger partial charge in [-0.15, -0.1) is 11.3 Å². The number of amides is 2. The molecule has 0 bridgehead atoms. The molecule has 0 saturated heterocycles. The van der Waals surface area contributed by atoms with E-state index >= 15 is 0 Å². The van der Waals surface area contributed by atoms with E-state index in [2.05, 4.69) is 10.3 Å². The number of rotatable bonds is 9. The fraction of sp³-hybridized carbons (Fsp3) is 0.208. The fourth-order valence-corrected chi connectivity index (χ4v) is 3.97. The summed E-state index contributed by atoms with van der Waals surface area (Å²) in [5.74, 6) is -1.48. The summed E-state index contributed by atoms with van der Waals surface area (Å²) in [5, 5.41) is 4.76. The van der Waals surface area contributed by atoms with Gasteiger partial charge < -0.3 is 10.2 Å². The Balaban J connectivity index is 1.52. The van der Waals surface area contributed by atoms with E-state index in [-0.39, 0.29) is 23.3 Å². The van der Waals surface area contributed by atoms with Gasteiger partial charge in [0.15, 0.2) is 5.13 Å². The van der Waals surface area contributed by atoms with Crippen LogP contribution in [0.1, 0.15) is 19.0 Å². The Kier molecular flexibility index (Phi) is 8.26. The molecule has 33 heavy (non-hydrogen) atoms. The van der Waals surface area contributed by atoms with E-state index in [0.29, 0.717) is 36.0 Å². The lowest BCUT2D eigenvalue weighted by molar-refractivity contribution is -0.117. The van der Waals surface area contributed by atoms with Crippen molar-refractivity contribution in [3.8, 4) is 0 Å². The van der Waals surface area contributed by atoms with Gasteiger partial charge in [-0.3, -0.25) is 14.5 Å². The summed E-state index contributed by atoms with van der Waals surface area (Å²) in [6.45, 7) is 2.34. The van der Waals surface area contributed by atoms with Crippen molar-refractivity contribution in [2.45, 2.75) is 13.3 Å². The summed E-state index contributed by atoms with van der Waals surface area (Å²) >= 11 is 1.17. The lowest BCUT2D eigenvalue weighted by Crippen LogP contribution is -2.27. The molecule has 3 rings (SSSR count). The molecule has 0 fully saturated rings. The summed E-state index contributed by atoms with van der Waals surface area (Å²) in [7, 11) is 1.80. The van der Waals surface area contributed by atoms with Crippen molar-refractivity contribution in [3.63, 3.8) is 0 Å². The van der Waals surface area contributed by atoms with Gasteiger partial charge in [0.25, 0.3) is 0 Å². The van der Waals surface area contributed by atoms with Crippen LogP contribution in [0.25, 0.3) is 6.08 Å². The molecule has 172 valence electrons. The fourth-order valence-electron chi connectivity index (χ4n) is 3.13. The molecule has 0 aliphatic heterocycles. The van der Waals surface area contributed by atoms with Crippen LogP contribution in [0.5, 0.6) is 0 Å². The highest BCUT2D eigenvalue weighted by atomic mass is 32.1. The van der Waals surface area contributed by atoms with Crippen molar-refractivity contribution in [1.82, 2.24) is 10.3 Å². The Bertz CT molecular complexity index is 1150. The number of halogens is 2. The maximum atomic E-state index is 14.2. The molecule has 0 saturated carbocycles. The van der Waals surface area contributed by atoms with Gasteiger partial charge in [0.2, 0.25) is 11.8 Å². The molecular weight excluding hydrogens is 446 g/mol. The van der Waals surface area contributed by atoms with Crippen molar-refractivity contribution in [1.29, 1.82) is 0 Å². The van der Waals surface area contributed by atoms with Crippen LogP contribution in [-0.4, -0.2) is 36.9 Å². The number of carbonyl (C=O) groups excluding carboxylic acids is 2. The summed E-state index contributed by atoms with van der Waals surface area (Å²) in [4.78, 5) is 31.5. The van der Waals surface area contributed by atoms with Gasteiger partial charge in [0.05, 0.1) is 17.1 Å². The molecule has 9 heteroatoms. The number of carbonyl (C=O) groups is 2. The quantitative estimate of drug-likeness (QED) is 0.362. The lowest BCUT2D eigenvalue weighted by Gasteiger charge is -2.19. The molecule has 2 aromatic carbocycles. The molecule has 0 atom stereocenters. The van der Waals surface area contributed by atoms with E-state index in [1.165, 1.54) is 53.5 Å². The second-order valence-electron chi connectivity index (χ2n) is 7.21. The van der Waals surface area contributed by atoms with E-state index in [9.17, 15) is 18.4 Å². The van der Waals surface area contributed by atoms with Crippen LogP contribution in [0.15, 0.2) is 60.0 Å². The number of aromatic nitrogens is 1. The van der Waals surface area contributed by atoms with E-state index in [4.69, 9.17) is 0 Å². The molecule has 1 aromatic heterocycles. The van der Waals surface area contributed by atoms with Gasteiger partial charge in [-0.1, -0.05) is 24.3 Å². The van der Waals surface area contributed by atoms with Crippen LogP contribution in [0, 0.1) is 11.6 Å². The largest absolute Gasteiger partial charge is 0.372 e. The number of nitrogens with zero attached hydrogens (tertiary/aromatic N) is 3. The van der Waals surface area contributed by atoms with E-state index in [0.717, 1.165) is 0 Å². The van der Waals surface area contributed by atoms with Crippen LogP contribution in [-0.2, 0) is 9.59 Å². The average molecular weight is 471 g/mol. The Labute approximate surface area is 195 Å². The number of hydrogen-bond acceptors (Lipinski definition) is 5. The maximum Gasteiger partial charge on any atom is 0.244 e. The molecule has 0 radical (unpaired) electrons. The highest BCUT2D eigenvalue weighted by Crippen LogP contribution is 2.30. The molecule has 6 nitrogen and oxygen atoms in total.